The zero-order valence-electron chi connectivity index (χ0n) is 10.1. The molecular weight excluding hydrogens is 236 g/mol. The molecule has 92 valence electrons. The molecule has 0 aromatic carbocycles. The van der Waals surface area contributed by atoms with Crippen LogP contribution in [-0.2, 0) is 0 Å². The molecule has 0 bridgehead atoms. The monoisotopic (exact) mass is 252 g/mol. The summed E-state index contributed by atoms with van der Waals surface area (Å²) >= 11 is 6.15. The van der Waals surface area contributed by atoms with Crippen LogP contribution in [0.1, 0.15) is 55.8 Å². The summed E-state index contributed by atoms with van der Waals surface area (Å²) in [5.74, 6) is 2.09. The Morgan fingerprint density at radius 1 is 1.12 bits per heavy atom. The Bertz CT molecular complexity index is 426. The molecule has 0 radical (unpaired) electrons. The predicted octanol–water partition coefficient (Wildman–Crippen LogP) is 3.64. The molecule has 0 aliphatic heterocycles. The lowest BCUT2D eigenvalue weighted by molar-refractivity contribution is 0.199. The first-order valence-corrected chi connectivity index (χ1v) is 6.82. The highest BCUT2D eigenvalue weighted by Gasteiger charge is 2.29. The number of aromatic nitrogens is 2. The van der Waals surface area contributed by atoms with Crippen molar-refractivity contribution in [1.29, 1.82) is 0 Å². The van der Waals surface area contributed by atoms with E-state index in [4.69, 9.17) is 16.3 Å². The molecule has 0 unspecified atom stereocenters. The normalized spacial score (nSPS) is 20.8. The van der Waals surface area contributed by atoms with E-state index in [0.717, 1.165) is 24.2 Å². The first kappa shape index (κ1) is 11.3. The second kappa shape index (κ2) is 4.45. The van der Waals surface area contributed by atoms with Gasteiger partial charge in [-0.25, -0.2) is 4.98 Å². The van der Waals surface area contributed by atoms with Crippen molar-refractivity contribution in [3.63, 3.8) is 0 Å². The van der Waals surface area contributed by atoms with Crippen molar-refractivity contribution in [2.45, 2.75) is 57.5 Å². The maximum Gasteiger partial charge on any atom is 0.221 e. The van der Waals surface area contributed by atoms with E-state index >= 15 is 0 Å². The lowest BCUT2D eigenvalue weighted by Gasteiger charge is -2.15. The van der Waals surface area contributed by atoms with E-state index in [2.05, 4.69) is 9.97 Å². The van der Waals surface area contributed by atoms with Gasteiger partial charge in [0.1, 0.15) is 17.1 Å². The van der Waals surface area contributed by atoms with Crippen molar-refractivity contribution in [2.75, 3.05) is 0 Å². The van der Waals surface area contributed by atoms with Gasteiger partial charge in [0.2, 0.25) is 5.88 Å². The molecule has 1 aromatic heterocycles. The molecule has 2 aliphatic rings. The summed E-state index contributed by atoms with van der Waals surface area (Å²) in [5.41, 5.74) is 0.878. The maximum absolute atomic E-state index is 6.15. The van der Waals surface area contributed by atoms with Crippen LogP contribution >= 0.6 is 11.6 Å². The van der Waals surface area contributed by atoms with Crippen LogP contribution in [0.4, 0.5) is 0 Å². The highest BCUT2D eigenvalue weighted by Crippen LogP contribution is 2.40. The van der Waals surface area contributed by atoms with Gasteiger partial charge in [-0.15, -0.1) is 0 Å². The zero-order chi connectivity index (χ0) is 11.8. The Labute approximate surface area is 107 Å². The van der Waals surface area contributed by atoms with Gasteiger partial charge in [-0.3, -0.25) is 0 Å². The second-order valence-electron chi connectivity index (χ2n) is 5.10. The van der Waals surface area contributed by atoms with E-state index in [9.17, 15) is 0 Å². The van der Waals surface area contributed by atoms with Crippen molar-refractivity contribution in [1.82, 2.24) is 9.97 Å². The fraction of sp³-hybridized carbons (Fsp3) is 0.692. The summed E-state index contributed by atoms with van der Waals surface area (Å²) < 4.78 is 5.97. The van der Waals surface area contributed by atoms with E-state index in [1.165, 1.54) is 25.7 Å². The largest absolute Gasteiger partial charge is 0.474 e. The smallest absolute Gasteiger partial charge is 0.221 e. The Morgan fingerprint density at radius 3 is 2.47 bits per heavy atom. The third-order valence-electron chi connectivity index (χ3n) is 3.58. The highest BCUT2D eigenvalue weighted by atomic mass is 35.5. The minimum absolute atomic E-state index is 0.326. The van der Waals surface area contributed by atoms with Crippen LogP contribution in [-0.4, -0.2) is 16.1 Å². The maximum atomic E-state index is 6.15. The van der Waals surface area contributed by atoms with Gasteiger partial charge < -0.3 is 4.74 Å². The average Bonchev–Trinajstić information content (AvgIpc) is 3.04. The number of hydrogen-bond acceptors (Lipinski definition) is 3. The van der Waals surface area contributed by atoms with E-state index in [1.807, 2.05) is 6.92 Å². The number of nitrogens with zero attached hydrogens (tertiary/aromatic N) is 2. The minimum Gasteiger partial charge on any atom is -0.474 e. The van der Waals surface area contributed by atoms with Gasteiger partial charge in [-0.1, -0.05) is 11.6 Å². The first-order valence-electron chi connectivity index (χ1n) is 6.44. The Hall–Kier alpha value is -0.830. The lowest BCUT2D eigenvalue weighted by Crippen LogP contribution is -2.14. The molecule has 4 heteroatoms. The van der Waals surface area contributed by atoms with Crippen LogP contribution in [0, 0.1) is 6.92 Å². The molecular formula is C13H17ClN2O. The van der Waals surface area contributed by atoms with Gasteiger partial charge >= 0.3 is 0 Å². The Balaban J connectivity index is 1.85. The third kappa shape index (κ3) is 2.39. The van der Waals surface area contributed by atoms with Crippen molar-refractivity contribution < 1.29 is 4.74 Å². The number of hydrogen-bond donors (Lipinski definition) is 0. The summed E-state index contributed by atoms with van der Waals surface area (Å²) in [6.07, 6.45) is 7.49. The topological polar surface area (TPSA) is 35.0 Å². The lowest BCUT2D eigenvalue weighted by atomic mass is 10.3. The van der Waals surface area contributed by atoms with E-state index in [0.29, 0.717) is 23.1 Å². The van der Waals surface area contributed by atoms with Gasteiger partial charge in [0.25, 0.3) is 0 Å². The number of halogens is 1. The predicted molar refractivity (Wildman–Crippen MR) is 66.6 cm³/mol. The summed E-state index contributed by atoms with van der Waals surface area (Å²) in [6.45, 7) is 1.93. The second-order valence-corrected chi connectivity index (χ2v) is 5.46. The van der Waals surface area contributed by atoms with E-state index in [1.54, 1.807) is 0 Å². The molecule has 0 amide bonds. The fourth-order valence-electron chi connectivity index (χ4n) is 2.29. The molecule has 0 spiro atoms. The van der Waals surface area contributed by atoms with Crippen molar-refractivity contribution in [3.8, 4) is 5.88 Å². The molecule has 2 saturated carbocycles. The van der Waals surface area contributed by atoms with Crippen LogP contribution in [0.5, 0.6) is 5.88 Å². The van der Waals surface area contributed by atoms with Gasteiger partial charge in [0.05, 0.1) is 0 Å². The molecule has 1 aromatic rings. The fourth-order valence-corrected chi connectivity index (χ4v) is 2.46. The van der Waals surface area contributed by atoms with Crippen LogP contribution in [0.25, 0.3) is 0 Å². The molecule has 0 saturated heterocycles. The third-order valence-corrected chi connectivity index (χ3v) is 3.95. The molecule has 2 aliphatic carbocycles. The van der Waals surface area contributed by atoms with E-state index < -0.39 is 0 Å². The molecule has 17 heavy (non-hydrogen) atoms. The average molecular weight is 253 g/mol. The van der Waals surface area contributed by atoms with Gasteiger partial charge in [-0.05, 0) is 45.4 Å². The van der Waals surface area contributed by atoms with Crippen LogP contribution in [0.2, 0.25) is 5.15 Å². The number of rotatable bonds is 3. The van der Waals surface area contributed by atoms with E-state index in [-0.39, 0.29) is 0 Å². The first-order chi connectivity index (χ1) is 8.24. The standard InChI is InChI=1S/C13H17ClN2O/c1-8-11(14)15-12(9-6-7-9)16-13(8)17-10-4-2-3-5-10/h9-10H,2-7H2,1H3. The van der Waals surface area contributed by atoms with Crippen LogP contribution in [0.15, 0.2) is 0 Å². The van der Waals surface area contributed by atoms with Crippen molar-refractivity contribution in [3.05, 3.63) is 16.5 Å². The van der Waals surface area contributed by atoms with Gasteiger partial charge in [0.15, 0.2) is 0 Å². The summed E-state index contributed by atoms with van der Waals surface area (Å²) in [5, 5.41) is 0.551. The Kier molecular flexibility index (Phi) is 2.95. The molecule has 2 fully saturated rings. The summed E-state index contributed by atoms with van der Waals surface area (Å²) in [7, 11) is 0. The zero-order valence-corrected chi connectivity index (χ0v) is 10.8. The molecule has 3 nitrogen and oxygen atoms in total. The minimum atomic E-state index is 0.326. The SMILES string of the molecule is Cc1c(Cl)nc(C2CC2)nc1OC1CCCC1. The molecule has 3 rings (SSSR count). The highest BCUT2D eigenvalue weighted by molar-refractivity contribution is 6.30. The van der Waals surface area contributed by atoms with Crippen LogP contribution < -0.4 is 4.74 Å². The Morgan fingerprint density at radius 2 is 1.82 bits per heavy atom. The summed E-state index contributed by atoms with van der Waals surface area (Å²) in [6, 6.07) is 0. The van der Waals surface area contributed by atoms with Crippen molar-refractivity contribution in [2.24, 2.45) is 0 Å². The molecule has 0 N–H and O–H groups in total. The molecule has 0 atom stereocenters. The van der Waals surface area contributed by atoms with Gasteiger partial charge in [0, 0.05) is 11.5 Å². The summed E-state index contributed by atoms with van der Waals surface area (Å²) in [4.78, 5) is 8.89. The molecule has 1 heterocycles. The quantitative estimate of drug-likeness (QED) is 0.771. The van der Waals surface area contributed by atoms with Gasteiger partial charge in [-0.2, -0.15) is 4.98 Å². The van der Waals surface area contributed by atoms with Crippen molar-refractivity contribution >= 4 is 11.6 Å². The number of ether oxygens (including phenoxy) is 1. The van der Waals surface area contributed by atoms with Crippen LogP contribution in [0.3, 0.4) is 0 Å².